The minimum atomic E-state index is -1.11. The van der Waals surface area contributed by atoms with E-state index in [1.807, 2.05) is 36.4 Å². The third kappa shape index (κ3) is 2.14. The molecule has 0 aromatic heterocycles. The molecule has 1 saturated carbocycles. The highest BCUT2D eigenvalue weighted by Crippen LogP contribution is 2.67. The lowest BCUT2D eigenvalue weighted by Crippen LogP contribution is -2.60. The highest BCUT2D eigenvalue weighted by Gasteiger charge is 2.69. The summed E-state index contributed by atoms with van der Waals surface area (Å²) in [6.07, 6.45) is 0. The van der Waals surface area contributed by atoms with Gasteiger partial charge in [-0.3, -0.25) is 14.4 Å². The number of hydrogen-bond acceptors (Lipinski definition) is 5. The van der Waals surface area contributed by atoms with Gasteiger partial charge in [0.05, 0.1) is 25.6 Å². The molecule has 0 amide bonds. The summed E-state index contributed by atoms with van der Waals surface area (Å²) < 4.78 is 10.1. The number of ketones is 1. The smallest absolute Gasteiger partial charge is 0.313 e. The Morgan fingerprint density at radius 1 is 0.889 bits per heavy atom. The van der Waals surface area contributed by atoms with Crippen LogP contribution in [0.15, 0.2) is 48.5 Å². The molecule has 0 bridgehead atoms. The van der Waals surface area contributed by atoms with Gasteiger partial charge >= 0.3 is 11.9 Å². The van der Waals surface area contributed by atoms with Crippen molar-refractivity contribution in [3.8, 4) is 0 Å². The third-order valence-electron chi connectivity index (χ3n) is 6.20. The van der Waals surface area contributed by atoms with E-state index in [0.29, 0.717) is 11.1 Å². The Labute approximate surface area is 157 Å². The molecular weight excluding hydrogens is 344 g/mol. The van der Waals surface area contributed by atoms with Crippen molar-refractivity contribution in [3.05, 3.63) is 70.8 Å². The summed E-state index contributed by atoms with van der Waals surface area (Å²) in [5.74, 6) is -2.43. The predicted octanol–water partition coefficient (Wildman–Crippen LogP) is 3.08. The fraction of sp³-hybridized carbons (Fsp3) is 0.318. The summed E-state index contributed by atoms with van der Waals surface area (Å²) in [6.45, 7) is 1.73. The first-order valence-corrected chi connectivity index (χ1v) is 8.85. The van der Waals surface area contributed by atoms with Crippen molar-refractivity contribution in [2.45, 2.75) is 18.8 Å². The van der Waals surface area contributed by atoms with Crippen LogP contribution in [0.3, 0.4) is 0 Å². The van der Waals surface area contributed by atoms with Crippen LogP contribution in [-0.2, 0) is 19.1 Å². The van der Waals surface area contributed by atoms with Crippen molar-refractivity contribution in [2.75, 3.05) is 14.2 Å². The molecule has 4 atom stereocenters. The maximum atomic E-state index is 13.2. The first kappa shape index (κ1) is 17.5. The zero-order valence-electron chi connectivity index (χ0n) is 15.4. The van der Waals surface area contributed by atoms with E-state index < -0.39 is 23.3 Å². The first-order valence-electron chi connectivity index (χ1n) is 8.85. The first-order chi connectivity index (χ1) is 13.0. The van der Waals surface area contributed by atoms with Crippen LogP contribution in [0.2, 0.25) is 0 Å². The van der Waals surface area contributed by atoms with Crippen LogP contribution >= 0.6 is 0 Å². The largest absolute Gasteiger partial charge is 0.469 e. The van der Waals surface area contributed by atoms with Gasteiger partial charge in [-0.1, -0.05) is 48.5 Å². The Morgan fingerprint density at radius 3 is 2.04 bits per heavy atom. The van der Waals surface area contributed by atoms with Crippen LogP contribution < -0.4 is 0 Å². The molecule has 2 aromatic carbocycles. The van der Waals surface area contributed by atoms with Gasteiger partial charge in [-0.05, 0) is 18.1 Å². The zero-order chi connectivity index (χ0) is 19.3. The van der Waals surface area contributed by atoms with E-state index >= 15 is 0 Å². The van der Waals surface area contributed by atoms with Gasteiger partial charge < -0.3 is 9.47 Å². The van der Waals surface area contributed by atoms with Gasteiger partial charge in [0.2, 0.25) is 0 Å². The van der Waals surface area contributed by atoms with Crippen LogP contribution in [0.25, 0.3) is 0 Å². The third-order valence-corrected chi connectivity index (χ3v) is 6.20. The van der Waals surface area contributed by atoms with Gasteiger partial charge in [0.25, 0.3) is 0 Å². The molecule has 138 valence electrons. The van der Waals surface area contributed by atoms with E-state index in [0.717, 1.165) is 11.1 Å². The fourth-order valence-corrected chi connectivity index (χ4v) is 5.00. The highest BCUT2D eigenvalue weighted by molar-refractivity contribution is 6.12. The van der Waals surface area contributed by atoms with Crippen molar-refractivity contribution in [2.24, 2.45) is 11.3 Å². The molecule has 5 heteroatoms. The lowest BCUT2D eigenvalue weighted by molar-refractivity contribution is -0.182. The van der Waals surface area contributed by atoms with Gasteiger partial charge in [-0.25, -0.2) is 0 Å². The number of rotatable bonds is 2. The fourth-order valence-electron chi connectivity index (χ4n) is 5.00. The van der Waals surface area contributed by atoms with Crippen LogP contribution in [0.1, 0.15) is 45.8 Å². The maximum Gasteiger partial charge on any atom is 0.313 e. The number of methoxy groups -OCH3 is 2. The number of ether oxygens (including phenoxy) is 2. The van der Waals surface area contributed by atoms with Crippen LogP contribution in [0, 0.1) is 11.3 Å². The maximum absolute atomic E-state index is 13.2. The van der Waals surface area contributed by atoms with Crippen molar-refractivity contribution in [3.63, 3.8) is 0 Å². The van der Waals surface area contributed by atoms with E-state index in [-0.39, 0.29) is 17.6 Å². The van der Waals surface area contributed by atoms with E-state index in [1.165, 1.54) is 14.2 Å². The molecule has 4 rings (SSSR count). The summed E-state index contributed by atoms with van der Waals surface area (Å²) in [7, 11) is 2.63. The molecule has 1 fully saturated rings. The summed E-state index contributed by atoms with van der Waals surface area (Å²) in [6, 6.07) is 14.6. The second-order valence-corrected chi connectivity index (χ2v) is 7.28. The van der Waals surface area contributed by atoms with E-state index in [9.17, 15) is 14.4 Å². The highest BCUT2D eigenvalue weighted by atomic mass is 16.5. The number of carbonyl (C=O) groups is 3. The van der Waals surface area contributed by atoms with E-state index in [1.54, 1.807) is 19.1 Å². The summed E-state index contributed by atoms with van der Waals surface area (Å²) >= 11 is 0. The molecule has 27 heavy (non-hydrogen) atoms. The van der Waals surface area contributed by atoms with E-state index in [2.05, 4.69) is 0 Å². The summed E-state index contributed by atoms with van der Waals surface area (Å²) in [4.78, 5) is 38.7. The molecule has 2 aliphatic rings. The molecular formula is C22H20O5. The van der Waals surface area contributed by atoms with Crippen LogP contribution in [-0.4, -0.2) is 31.9 Å². The van der Waals surface area contributed by atoms with Gasteiger partial charge in [-0.15, -0.1) is 0 Å². The van der Waals surface area contributed by atoms with Crippen molar-refractivity contribution >= 4 is 17.7 Å². The number of carbonyl (C=O) groups excluding carboxylic acids is 3. The molecule has 0 radical (unpaired) electrons. The molecule has 2 aromatic rings. The van der Waals surface area contributed by atoms with Gasteiger partial charge in [0.1, 0.15) is 0 Å². The standard InChI is InChI=1S/C22H20O5/c1-22(21(25)27-3)17-13-9-5-7-11-15(13)19(23)14-10-6-4-8-12(14)16(17)18(22)20(24)26-2/h4-11,16-18H,1-3H3/t16-,17+,18-,22+/m0/s1. The van der Waals surface area contributed by atoms with Crippen molar-refractivity contribution in [1.82, 2.24) is 0 Å². The number of esters is 2. The Bertz CT molecular complexity index is 963. The molecule has 0 spiro atoms. The molecule has 5 nitrogen and oxygen atoms in total. The Morgan fingerprint density at radius 2 is 1.44 bits per heavy atom. The SMILES string of the molecule is COC(=O)[C@@H]1[C@H]2c3ccccc3C(=O)c3ccccc3[C@H]2[C@@]1(C)C(=O)OC. The van der Waals surface area contributed by atoms with Gasteiger partial charge in [0.15, 0.2) is 5.78 Å². The average molecular weight is 364 g/mol. The lowest BCUT2D eigenvalue weighted by atomic mass is 9.44. The van der Waals surface area contributed by atoms with Gasteiger partial charge in [-0.2, -0.15) is 0 Å². The van der Waals surface area contributed by atoms with Crippen LogP contribution in [0.4, 0.5) is 0 Å². The minimum absolute atomic E-state index is 0.0913. The number of benzene rings is 2. The Kier molecular flexibility index (Phi) is 3.91. The second kappa shape index (κ2) is 6.05. The quantitative estimate of drug-likeness (QED) is 0.766. The predicted molar refractivity (Wildman–Crippen MR) is 97.4 cm³/mol. The lowest BCUT2D eigenvalue weighted by Gasteiger charge is -2.56. The van der Waals surface area contributed by atoms with Crippen LogP contribution in [0.5, 0.6) is 0 Å². The van der Waals surface area contributed by atoms with Crippen molar-refractivity contribution < 1.29 is 23.9 Å². The topological polar surface area (TPSA) is 69.7 Å². The van der Waals surface area contributed by atoms with Crippen molar-refractivity contribution in [1.29, 1.82) is 0 Å². The molecule has 0 N–H and O–H groups in total. The minimum Gasteiger partial charge on any atom is -0.469 e. The summed E-state index contributed by atoms with van der Waals surface area (Å²) in [5.41, 5.74) is 1.58. The summed E-state index contributed by atoms with van der Waals surface area (Å²) in [5, 5.41) is 0. The molecule has 0 saturated heterocycles. The van der Waals surface area contributed by atoms with E-state index in [4.69, 9.17) is 9.47 Å². The zero-order valence-corrected chi connectivity index (χ0v) is 15.4. The number of fused-ring (bicyclic) bond motifs is 5. The molecule has 0 unspecified atom stereocenters. The monoisotopic (exact) mass is 364 g/mol. The Balaban J connectivity index is 2.03. The molecule has 0 aliphatic heterocycles. The molecule has 2 aliphatic carbocycles. The Hall–Kier alpha value is -2.95. The molecule has 0 heterocycles. The average Bonchev–Trinajstić information content (AvgIpc) is 2.79. The normalized spacial score (nSPS) is 28.0. The second-order valence-electron chi connectivity index (χ2n) is 7.28. The number of hydrogen-bond donors (Lipinski definition) is 0. The van der Waals surface area contributed by atoms with Gasteiger partial charge in [0, 0.05) is 23.0 Å².